The van der Waals surface area contributed by atoms with Gasteiger partial charge in [-0.15, -0.1) is 0 Å². The molecule has 0 spiro atoms. The molecule has 0 unspecified atom stereocenters. The number of anilines is 3. The maximum absolute atomic E-state index is 14.9. The van der Waals surface area contributed by atoms with Crippen molar-refractivity contribution in [3.8, 4) is 11.6 Å². The number of hydrogen-bond acceptors (Lipinski definition) is 6. The minimum atomic E-state index is -0.705. The van der Waals surface area contributed by atoms with Crippen molar-refractivity contribution in [3.05, 3.63) is 65.1 Å². The second-order valence-corrected chi connectivity index (χ2v) is 8.14. The number of hydrogen-bond donors (Lipinski definition) is 3. The lowest BCUT2D eigenvalue weighted by Crippen LogP contribution is -2.43. The van der Waals surface area contributed by atoms with Crippen LogP contribution in [-0.4, -0.2) is 41.1 Å². The number of nitrogens with zero attached hydrogens (tertiary/aromatic N) is 3. The normalized spacial score (nSPS) is 14.0. The van der Waals surface area contributed by atoms with Gasteiger partial charge in [-0.1, -0.05) is 11.6 Å². The molecular formula is C23H21ClF2N6O. The number of aromatic nitrogens is 3. The third kappa shape index (κ3) is 4.29. The zero-order valence-corrected chi connectivity index (χ0v) is 18.5. The van der Waals surface area contributed by atoms with Crippen LogP contribution in [0.1, 0.15) is 5.69 Å². The number of rotatable bonds is 5. The van der Waals surface area contributed by atoms with Gasteiger partial charge < -0.3 is 25.3 Å². The molecule has 1 aliphatic heterocycles. The van der Waals surface area contributed by atoms with E-state index >= 15 is 0 Å². The standard InChI is InChI=1S/C23H21ClF2N6O/c1-13-10-16-20(26)18(11-17(25)21(16)30-13)33-23-19(24)22(28-12-29-23)31-14-2-4-15(5-3-14)32-8-6-27-7-9-32/h2-5,10-12,27,30H,6-9H2,1H3,(H,28,29,31). The Morgan fingerprint density at radius 1 is 1.09 bits per heavy atom. The summed E-state index contributed by atoms with van der Waals surface area (Å²) in [5.41, 5.74) is 2.61. The average molecular weight is 471 g/mol. The van der Waals surface area contributed by atoms with Gasteiger partial charge >= 0.3 is 0 Å². The molecule has 0 saturated carbocycles. The number of nitrogens with one attached hydrogen (secondary N) is 3. The summed E-state index contributed by atoms with van der Waals surface area (Å²) in [5, 5.41) is 6.60. The van der Waals surface area contributed by atoms with Crippen LogP contribution in [0.3, 0.4) is 0 Å². The number of fused-ring (bicyclic) bond motifs is 1. The zero-order valence-electron chi connectivity index (χ0n) is 17.8. The lowest BCUT2D eigenvalue weighted by atomic mass is 10.2. The molecule has 1 fully saturated rings. The van der Waals surface area contributed by atoms with Gasteiger partial charge in [0.25, 0.3) is 0 Å². The second-order valence-electron chi connectivity index (χ2n) is 7.76. The van der Waals surface area contributed by atoms with Crippen molar-refractivity contribution in [2.24, 2.45) is 0 Å². The molecule has 0 bridgehead atoms. The number of ether oxygens (including phenoxy) is 1. The Balaban J connectivity index is 1.37. The van der Waals surface area contributed by atoms with Gasteiger partial charge in [-0.2, -0.15) is 4.98 Å². The summed E-state index contributed by atoms with van der Waals surface area (Å²) in [5.74, 6) is -1.45. The first-order valence-electron chi connectivity index (χ1n) is 10.5. The third-order valence-electron chi connectivity index (χ3n) is 5.48. The van der Waals surface area contributed by atoms with Gasteiger partial charge in [0.15, 0.2) is 23.2 Å². The van der Waals surface area contributed by atoms with Crippen molar-refractivity contribution in [1.82, 2.24) is 20.3 Å². The molecule has 0 amide bonds. The molecular weight excluding hydrogens is 450 g/mol. The van der Waals surface area contributed by atoms with Gasteiger partial charge in [-0.05, 0) is 37.3 Å². The van der Waals surface area contributed by atoms with Crippen molar-refractivity contribution in [2.75, 3.05) is 36.4 Å². The Kier molecular flexibility index (Phi) is 5.74. The Morgan fingerprint density at radius 3 is 2.61 bits per heavy atom. The van der Waals surface area contributed by atoms with Gasteiger partial charge in [-0.3, -0.25) is 0 Å². The highest BCUT2D eigenvalue weighted by Crippen LogP contribution is 2.37. The lowest BCUT2D eigenvalue weighted by molar-refractivity contribution is 0.426. The first kappa shape index (κ1) is 21.4. The van der Waals surface area contributed by atoms with Crippen molar-refractivity contribution in [1.29, 1.82) is 0 Å². The van der Waals surface area contributed by atoms with E-state index in [9.17, 15) is 8.78 Å². The molecule has 0 aliphatic carbocycles. The highest BCUT2D eigenvalue weighted by Gasteiger charge is 2.19. The molecule has 170 valence electrons. The van der Waals surface area contributed by atoms with Crippen LogP contribution >= 0.6 is 11.6 Å². The SMILES string of the molecule is Cc1cc2c(F)c(Oc3ncnc(Nc4ccc(N5CCNCC5)cc4)c3Cl)cc(F)c2[nH]1. The Bertz CT molecular complexity index is 1300. The van der Waals surface area contributed by atoms with Gasteiger partial charge in [0.05, 0.1) is 5.52 Å². The molecule has 33 heavy (non-hydrogen) atoms. The number of benzene rings is 2. The predicted molar refractivity (Wildman–Crippen MR) is 125 cm³/mol. The van der Waals surface area contributed by atoms with E-state index in [0.29, 0.717) is 5.69 Å². The molecule has 1 saturated heterocycles. The summed E-state index contributed by atoms with van der Waals surface area (Å²) in [4.78, 5) is 13.2. The first-order chi connectivity index (χ1) is 16.0. The van der Waals surface area contributed by atoms with Crippen molar-refractivity contribution >= 4 is 39.7 Å². The topological polar surface area (TPSA) is 78.1 Å². The molecule has 3 heterocycles. The van der Waals surface area contributed by atoms with Gasteiger partial charge in [0.1, 0.15) is 11.3 Å². The van der Waals surface area contributed by atoms with E-state index in [2.05, 4.69) is 30.5 Å². The van der Waals surface area contributed by atoms with Crippen LogP contribution in [0.15, 0.2) is 42.7 Å². The maximum atomic E-state index is 14.9. The summed E-state index contributed by atoms with van der Waals surface area (Å²) in [7, 11) is 0. The molecule has 5 rings (SSSR count). The fourth-order valence-corrected chi connectivity index (χ4v) is 4.02. The number of aromatic amines is 1. The maximum Gasteiger partial charge on any atom is 0.243 e. The number of piperazine rings is 1. The van der Waals surface area contributed by atoms with E-state index < -0.39 is 11.6 Å². The molecule has 7 nitrogen and oxygen atoms in total. The predicted octanol–water partition coefficient (Wildman–Crippen LogP) is 5.14. The first-order valence-corrected chi connectivity index (χ1v) is 10.9. The Labute approximate surface area is 193 Å². The summed E-state index contributed by atoms with van der Waals surface area (Å²) >= 11 is 6.43. The van der Waals surface area contributed by atoms with E-state index in [1.54, 1.807) is 6.92 Å². The fraction of sp³-hybridized carbons (Fsp3) is 0.217. The lowest BCUT2D eigenvalue weighted by Gasteiger charge is -2.29. The van der Waals surface area contributed by atoms with Crippen molar-refractivity contribution < 1.29 is 13.5 Å². The molecule has 10 heteroatoms. The average Bonchev–Trinajstić information content (AvgIpc) is 3.23. The minimum Gasteiger partial charge on any atom is -0.434 e. The Hall–Kier alpha value is -3.43. The molecule has 1 aliphatic rings. The molecule has 0 radical (unpaired) electrons. The summed E-state index contributed by atoms with van der Waals surface area (Å²) in [6.45, 7) is 5.54. The molecule has 4 aromatic rings. The number of halogens is 3. The van der Waals surface area contributed by atoms with Gasteiger partial charge in [0.2, 0.25) is 5.88 Å². The quantitative estimate of drug-likeness (QED) is 0.375. The second kappa shape index (κ2) is 8.84. The van der Waals surface area contributed by atoms with Crippen LogP contribution < -0.4 is 20.3 Å². The molecule has 2 aromatic heterocycles. The summed E-state index contributed by atoms with van der Waals surface area (Å²) in [6.07, 6.45) is 1.24. The van der Waals surface area contributed by atoms with E-state index in [1.807, 2.05) is 24.3 Å². The summed E-state index contributed by atoms with van der Waals surface area (Å²) < 4.78 is 34.9. The number of aryl methyl sites for hydroxylation is 1. The van der Waals surface area contributed by atoms with Crippen LogP contribution in [0.4, 0.5) is 26.0 Å². The molecule has 3 N–H and O–H groups in total. The van der Waals surface area contributed by atoms with E-state index in [4.69, 9.17) is 16.3 Å². The summed E-state index contributed by atoms with van der Waals surface area (Å²) in [6, 6.07) is 10.4. The van der Waals surface area contributed by atoms with Gasteiger partial charge in [-0.25, -0.2) is 13.8 Å². The molecule has 2 aromatic carbocycles. The smallest absolute Gasteiger partial charge is 0.243 e. The Morgan fingerprint density at radius 2 is 1.85 bits per heavy atom. The van der Waals surface area contributed by atoms with E-state index in [1.165, 1.54) is 12.4 Å². The van der Waals surface area contributed by atoms with E-state index in [0.717, 1.165) is 43.6 Å². The van der Waals surface area contributed by atoms with Crippen molar-refractivity contribution in [3.63, 3.8) is 0 Å². The molecule has 0 atom stereocenters. The monoisotopic (exact) mass is 470 g/mol. The van der Waals surface area contributed by atoms with Crippen LogP contribution in [0.2, 0.25) is 5.02 Å². The number of H-pyrrole nitrogens is 1. The highest BCUT2D eigenvalue weighted by atomic mass is 35.5. The zero-order chi connectivity index (χ0) is 22.9. The van der Waals surface area contributed by atoms with Gasteiger partial charge in [0, 0.05) is 54.7 Å². The third-order valence-corrected chi connectivity index (χ3v) is 5.82. The largest absolute Gasteiger partial charge is 0.434 e. The van der Waals surface area contributed by atoms with Crippen LogP contribution in [0.25, 0.3) is 10.9 Å². The minimum absolute atomic E-state index is 0.0498. The van der Waals surface area contributed by atoms with Crippen LogP contribution in [0, 0.1) is 18.6 Å². The van der Waals surface area contributed by atoms with Crippen LogP contribution in [-0.2, 0) is 0 Å². The van der Waals surface area contributed by atoms with E-state index in [-0.39, 0.29) is 33.4 Å². The highest BCUT2D eigenvalue weighted by molar-refractivity contribution is 6.34. The fourth-order valence-electron chi connectivity index (χ4n) is 3.84. The van der Waals surface area contributed by atoms with Crippen molar-refractivity contribution in [2.45, 2.75) is 6.92 Å². The van der Waals surface area contributed by atoms with Crippen LogP contribution in [0.5, 0.6) is 11.6 Å².